The highest BCUT2D eigenvalue weighted by atomic mass is 35.5. The molecule has 0 radical (unpaired) electrons. The molecule has 2 aromatic heterocycles. The van der Waals surface area contributed by atoms with Crippen LogP contribution in [0.1, 0.15) is 21.3 Å². The number of aliphatic hydroxyl groups is 1. The predicted octanol–water partition coefficient (Wildman–Crippen LogP) is 3.05. The smallest absolute Gasteiger partial charge is 0.251 e. The van der Waals surface area contributed by atoms with Crippen molar-refractivity contribution in [2.75, 3.05) is 6.54 Å². The number of carbonyl (C=O) groups is 1. The number of amides is 1. The maximum absolute atomic E-state index is 12.2. The van der Waals surface area contributed by atoms with Crippen LogP contribution in [0.3, 0.4) is 0 Å². The second-order valence-corrected chi connectivity index (χ2v) is 6.62. The summed E-state index contributed by atoms with van der Waals surface area (Å²) in [5.74, 6) is -0.249. The van der Waals surface area contributed by atoms with Crippen molar-refractivity contribution in [3.63, 3.8) is 0 Å². The van der Waals surface area contributed by atoms with Gasteiger partial charge in [-0.1, -0.05) is 17.7 Å². The first kappa shape index (κ1) is 15.7. The number of nitrogens with zero attached hydrogens (tertiary/aromatic N) is 2. The van der Waals surface area contributed by atoms with Crippen LogP contribution in [0, 0.1) is 0 Å². The third-order valence-electron chi connectivity index (χ3n) is 3.26. The molecule has 0 saturated carbocycles. The highest BCUT2D eigenvalue weighted by Gasteiger charge is 2.13. The van der Waals surface area contributed by atoms with Gasteiger partial charge in [0, 0.05) is 29.4 Å². The molecule has 5 nitrogen and oxygen atoms in total. The van der Waals surface area contributed by atoms with Gasteiger partial charge in [0.05, 0.1) is 10.0 Å². The van der Waals surface area contributed by atoms with Crippen molar-refractivity contribution in [1.29, 1.82) is 0 Å². The molecular weight excluding hydrogens is 334 g/mol. The van der Waals surface area contributed by atoms with Gasteiger partial charge in [-0.15, -0.1) is 11.3 Å². The van der Waals surface area contributed by atoms with Crippen LogP contribution in [0.2, 0.25) is 4.34 Å². The summed E-state index contributed by atoms with van der Waals surface area (Å²) in [5, 5.41) is 16.9. The lowest BCUT2D eigenvalue weighted by atomic mass is 10.2. The van der Waals surface area contributed by atoms with Crippen LogP contribution >= 0.6 is 22.9 Å². The van der Waals surface area contributed by atoms with Crippen LogP contribution in [0.15, 0.2) is 54.9 Å². The van der Waals surface area contributed by atoms with Gasteiger partial charge in [0.15, 0.2) is 0 Å². The summed E-state index contributed by atoms with van der Waals surface area (Å²) >= 11 is 7.14. The van der Waals surface area contributed by atoms with Gasteiger partial charge in [0.2, 0.25) is 0 Å². The summed E-state index contributed by atoms with van der Waals surface area (Å²) in [5.41, 5.74) is 1.31. The second-order valence-electron chi connectivity index (χ2n) is 4.87. The second kappa shape index (κ2) is 6.95. The molecule has 0 spiro atoms. The summed E-state index contributed by atoms with van der Waals surface area (Å²) in [7, 11) is 0. The maximum atomic E-state index is 12.2. The number of nitrogens with one attached hydrogen (secondary N) is 1. The van der Waals surface area contributed by atoms with E-state index in [-0.39, 0.29) is 12.5 Å². The molecule has 0 saturated heterocycles. The minimum atomic E-state index is -0.772. The van der Waals surface area contributed by atoms with Gasteiger partial charge in [-0.25, -0.2) is 4.68 Å². The monoisotopic (exact) mass is 347 g/mol. The lowest BCUT2D eigenvalue weighted by Crippen LogP contribution is -2.28. The molecule has 2 N–H and O–H groups in total. The normalized spacial score (nSPS) is 12.1. The van der Waals surface area contributed by atoms with Gasteiger partial charge in [0.1, 0.15) is 6.10 Å². The first-order valence-electron chi connectivity index (χ1n) is 6.95. The molecule has 118 valence electrons. The molecular formula is C16H14ClN3O2S. The van der Waals surface area contributed by atoms with Gasteiger partial charge in [-0.05, 0) is 36.4 Å². The van der Waals surface area contributed by atoms with Gasteiger partial charge in [-0.3, -0.25) is 4.79 Å². The number of hydrogen-bond acceptors (Lipinski definition) is 4. The molecule has 3 aromatic rings. The number of benzene rings is 1. The zero-order valence-corrected chi connectivity index (χ0v) is 13.6. The first-order valence-corrected chi connectivity index (χ1v) is 8.14. The van der Waals surface area contributed by atoms with Gasteiger partial charge < -0.3 is 10.4 Å². The van der Waals surface area contributed by atoms with Crippen molar-refractivity contribution in [3.8, 4) is 5.69 Å². The van der Waals surface area contributed by atoms with E-state index in [1.54, 1.807) is 47.4 Å². The third kappa shape index (κ3) is 3.79. The minimum absolute atomic E-state index is 0.127. The Bertz CT molecular complexity index is 801. The Morgan fingerprint density at radius 1 is 1.35 bits per heavy atom. The Labute approximate surface area is 142 Å². The van der Waals surface area contributed by atoms with E-state index < -0.39 is 6.10 Å². The summed E-state index contributed by atoms with van der Waals surface area (Å²) in [6, 6.07) is 12.4. The van der Waals surface area contributed by atoms with Crippen molar-refractivity contribution in [3.05, 3.63) is 69.6 Å². The molecule has 1 aromatic carbocycles. The molecule has 1 amide bonds. The fourth-order valence-electron chi connectivity index (χ4n) is 2.11. The molecule has 0 unspecified atom stereocenters. The summed E-state index contributed by atoms with van der Waals surface area (Å²) in [4.78, 5) is 13.0. The number of hydrogen-bond donors (Lipinski definition) is 2. The minimum Gasteiger partial charge on any atom is -0.386 e. The molecule has 7 heteroatoms. The van der Waals surface area contributed by atoms with Crippen molar-refractivity contribution >= 4 is 28.8 Å². The van der Waals surface area contributed by atoms with E-state index in [4.69, 9.17) is 11.6 Å². The predicted molar refractivity (Wildman–Crippen MR) is 90.2 cm³/mol. The van der Waals surface area contributed by atoms with Gasteiger partial charge >= 0.3 is 0 Å². The molecule has 0 aliphatic heterocycles. The number of rotatable bonds is 5. The van der Waals surface area contributed by atoms with E-state index in [9.17, 15) is 9.90 Å². The summed E-state index contributed by atoms with van der Waals surface area (Å²) < 4.78 is 2.29. The van der Waals surface area contributed by atoms with E-state index in [0.29, 0.717) is 9.90 Å². The first-order chi connectivity index (χ1) is 11.1. The zero-order chi connectivity index (χ0) is 16.2. The van der Waals surface area contributed by atoms with E-state index in [0.717, 1.165) is 10.6 Å². The van der Waals surface area contributed by atoms with Crippen molar-refractivity contribution in [1.82, 2.24) is 15.1 Å². The highest BCUT2D eigenvalue weighted by Crippen LogP contribution is 2.26. The van der Waals surface area contributed by atoms with E-state index in [1.807, 2.05) is 12.1 Å². The fourth-order valence-corrected chi connectivity index (χ4v) is 3.16. The molecule has 0 fully saturated rings. The molecule has 0 bridgehead atoms. The maximum Gasteiger partial charge on any atom is 0.251 e. The summed E-state index contributed by atoms with van der Waals surface area (Å²) in [6.07, 6.45) is 2.71. The molecule has 0 aliphatic carbocycles. The van der Waals surface area contributed by atoms with E-state index >= 15 is 0 Å². The average Bonchev–Trinajstić information content (AvgIpc) is 3.24. The third-order valence-corrected chi connectivity index (χ3v) is 4.59. The zero-order valence-electron chi connectivity index (χ0n) is 12.0. The van der Waals surface area contributed by atoms with E-state index in [1.165, 1.54) is 11.3 Å². The van der Waals surface area contributed by atoms with Crippen LogP contribution in [0.4, 0.5) is 0 Å². The van der Waals surface area contributed by atoms with Crippen LogP contribution in [0.25, 0.3) is 5.69 Å². The molecule has 1 atom stereocenters. The summed E-state index contributed by atoms with van der Waals surface area (Å²) in [6.45, 7) is 0.127. The number of aromatic nitrogens is 2. The quantitative estimate of drug-likeness (QED) is 0.745. The van der Waals surface area contributed by atoms with Crippen molar-refractivity contribution < 1.29 is 9.90 Å². The number of carbonyl (C=O) groups excluding carboxylic acids is 1. The Hall–Kier alpha value is -2.15. The van der Waals surface area contributed by atoms with Gasteiger partial charge in [-0.2, -0.15) is 5.10 Å². The Morgan fingerprint density at radius 3 is 2.91 bits per heavy atom. The lowest BCUT2D eigenvalue weighted by molar-refractivity contribution is 0.0918. The van der Waals surface area contributed by atoms with Crippen molar-refractivity contribution in [2.24, 2.45) is 0 Å². The van der Waals surface area contributed by atoms with Crippen LogP contribution in [0.5, 0.6) is 0 Å². The van der Waals surface area contributed by atoms with E-state index in [2.05, 4.69) is 10.4 Å². The lowest BCUT2D eigenvalue weighted by Gasteiger charge is -2.11. The fraction of sp³-hybridized carbons (Fsp3) is 0.125. The number of aliphatic hydroxyl groups excluding tert-OH is 1. The number of halogens is 1. The highest BCUT2D eigenvalue weighted by molar-refractivity contribution is 7.16. The number of thiophene rings is 1. The Kier molecular flexibility index (Phi) is 4.76. The average molecular weight is 348 g/mol. The van der Waals surface area contributed by atoms with Gasteiger partial charge in [0.25, 0.3) is 5.91 Å². The van der Waals surface area contributed by atoms with Crippen molar-refractivity contribution in [2.45, 2.75) is 6.10 Å². The molecule has 23 heavy (non-hydrogen) atoms. The molecule has 0 aliphatic rings. The largest absolute Gasteiger partial charge is 0.386 e. The van der Waals surface area contributed by atoms with Crippen LogP contribution in [-0.4, -0.2) is 27.3 Å². The SMILES string of the molecule is O=C(NC[C@H](O)c1ccc(Cl)s1)c1cccc(-n2cccn2)c1. The molecule has 3 rings (SSSR count). The van der Waals surface area contributed by atoms with Crippen LogP contribution in [-0.2, 0) is 0 Å². The standard InChI is InChI=1S/C16H14ClN3O2S/c17-15-6-5-14(23-15)13(21)10-18-16(22)11-3-1-4-12(9-11)20-8-2-7-19-20/h1-9,13,21H,10H2,(H,18,22)/t13-/m0/s1. The topological polar surface area (TPSA) is 67.2 Å². The Morgan fingerprint density at radius 2 is 2.22 bits per heavy atom. The van der Waals surface area contributed by atoms with Crippen LogP contribution < -0.4 is 5.32 Å². The molecule has 2 heterocycles. The Balaban J connectivity index is 1.65.